The number of aromatic nitrogens is 1. The predicted octanol–water partition coefficient (Wildman–Crippen LogP) is 7.77. The highest BCUT2D eigenvalue weighted by atomic mass is 16.3. The molecule has 1 fully saturated rings. The molecule has 0 bridgehead atoms. The molecule has 2 N–H and O–H groups in total. The van der Waals surface area contributed by atoms with Crippen molar-refractivity contribution in [2.45, 2.75) is 249 Å². The van der Waals surface area contributed by atoms with Gasteiger partial charge in [0.1, 0.15) is 36.3 Å². The molecule has 0 radical (unpaired) electrons. The van der Waals surface area contributed by atoms with Crippen molar-refractivity contribution in [1.82, 2.24) is 44.6 Å². The van der Waals surface area contributed by atoms with Gasteiger partial charge in [0.15, 0.2) is 17.3 Å². The number of nitrogens with one attached hydrogen (secondary N) is 1. The quantitative estimate of drug-likeness (QED) is 0.143. The van der Waals surface area contributed by atoms with Gasteiger partial charge in [0.05, 0.1) is 18.2 Å². The number of amides is 8. The molecule has 0 saturated carbocycles. The van der Waals surface area contributed by atoms with Gasteiger partial charge in [-0.25, -0.2) is 0 Å². The van der Waals surface area contributed by atoms with Crippen molar-refractivity contribution in [3.05, 3.63) is 30.1 Å². The summed E-state index contributed by atoms with van der Waals surface area (Å²) >= 11 is 0. The fourth-order valence-corrected chi connectivity index (χ4v) is 12.9. The molecule has 8 amide bonds. The monoisotopic (exact) mass is 1290 g/mol. The minimum absolute atomic E-state index is 0.0721. The second-order valence-corrected chi connectivity index (χ2v) is 29.1. The predicted molar refractivity (Wildman–Crippen MR) is 359 cm³/mol. The summed E-state index contributed by atoms with van der Waals surface area (Å²) in [6, 6.07) is -3.69. The number of carbonyl (C=O) groups is 11. The minimum atomic E-state index is -1.51. The first kappa shape index (κ1) is 82.0. The molecule has 1 aliphatic rings. The molecule has 0 aliphatic carbocycles. The maximum atomic E-state index is 15.4. The molecule has 92 heavy (non-hydrogen) atoms. The first-order valence-corrected chi connectivity index (χ1v) is 34.0. The van der Waals surface area contributed by atoms with Gasteiger partial charge in [-0.05, 0) is 118 Å². The summed E-state index contributed by atoms with van der Waals surface area (Å²) in [4.78, 5) is 177. The summed E-state index contributed by atoms with van der Waals surface area (Å²) < 4.78 is 0. The highest BCUT2D eigenvalue weighted by Crippen LogP contribution is 2.30. The van der Waals surface area contributed by atoms with Gasteiger partial charge in [-0.3, -0.25) is 57.7 Å². The van der Waals surface area contributed by atoms with Gasteiger partial charge in [0.25, 0.3) is 0 Å². The number of aliphatic hydroxyl groups is 1. The highest BCUT2D eigenvalue weighted by molar-refractivity contribution is 6.00. The first-order valence-electron chi connectivity index (χ1n) is 34.0. The van der Waals surface area contributed by atoms with Gasteiger partial charge in [0.2, 0.25) is 47.3 Å². The normalized spacial score (nSPS) is 26.7. The first-order chi connectivity index (χ1) is 42.7. The Morgan fingerprint density at radius 2 is 0.913 bits per heavy atom. The smallest absolute Gasteiger partial charge is 0.246 e. The van der Waals surface area contributed by atoms with Crippen molar-refractivity contribution in [1.29, 1.82) is 0 Å². The molecule has 0 spiro atoms. The Hall–Kier alpha value is -6.12. The average Bonchev–Trinajstić information content (AvgIpc) is 0.819. The lowest BCUT2D eigenvalue weighted by atomic mass is 9.84. The number of hydrogen-bond donors (Lipinski definition) is 2. The number of ketones is 3. The third-order valence-corrected chi connectivity index (χ3v) is 18.8. The van der Waals surface area contributed by atoms with E-state index in [0.717, 1.165) is 5.69 Å². The van der Waals surface area contributed by atoms with E-state index in [1.54, 1.807) is 47.7 Å². The molecule has 1 saturated heterocycles. The molecule has 1 aromatic rings. The van der Waals surface area contributed by atoms with Crippen molar-refractivity contribution < 1.29 is 57.8 Å². The molecule has 21 nitrogen and oxygen atoms in total. The van der Waals surface area contributed by atoms with Gasteiger partial charge in [-0.2, -0.15) is 0 Å². The Labute approximate surface area is 552 Å². The molecule has 2 rings (SSSR count). The van der Waals surface area contributed by atoms with E-state index in [1.165, 1.54) is 90.6 Å². The van der Waals surface area contributed by atoms with Crippen molar-refractivity contribution in [3.8, 4) is 0 Å². The molecule has 2 heterocycles. The number of carbonyl (C=O) groups excluding carboxylic acids is 11. The molecule has 1 aromatic heterocycles. The topological polar surface area (TPSA) is 256 Å². The van der Waals surface area contributed by atoms with E-state index < -0.39 is 149 Å². The molecule has 21 heteroatoms. The average molecular weight is 1290 g/mol. The van der Waals surface area contributed by atoms with Crippen LogP contribution in [0.4, 0.5) is 0 Å². The van der Waals surface area contributed by atoms with E-state index >= 15 is 19.2 Å². The largest absolute Gasteiger partial charge is 0.390 e. The maximum Gasteiger partial charge on any atom is 0.246 e. The lowest BCUT2D eigenvalue weighted by molar-refractivity contribution is -0.157. The number of Topliss-reactive ketones (excluding diaryl/α,β-unsaturated/α-hetero) is 3. The third kappa shape index (κ3) is 22.5. The van der Waals surface area contributed by atoms with Crippen molar-refractivity contribution in [2.24, 2.45) is 59.2 Å². The Morgan fingerprint density at radius 1 is 0.478 bits per heavy atom. The zero-order valence-electron chi connectivity index (χ0n) is 60.8. The van der Waals surface area contributed by atoms with Crippen LogP contribution in [0.5, 0.6) is 0 Å². The number of aliphatic hydroxyl groups excluding tert-OH is 1. The number of nitrogens with zero attached hydrogens (tertiary/aromatic N) is 8. The molecule has 0 aromatic carbocycles. The number of aryl methyl sites for hydroxylation is 1. The van der Waals surface area contributed by atoms with Gasteiger partial charge in [-0.1, -0.05) is 117 Å². The molecule has 1 aliphatic heterocycles. The van der Waals surface area contributed by atoms with E-state index in [9.17, 15) is 38.7 Å². The van der Waals surface area contributed by atoms with E-state index in [1.807, 2.05) is 87.4 Å². The zero-order valence-corrected chi connectivity index (χ0v) is 60.8. The van der Waals surface area contributed by atoms with Gasteiger partial charge >= 0.3 is 0 Å². The Balaban J connectivity index is 3.03. The second-order valence-electron chi connectivity index (χ2n) is 29.1. The summed E-state index contributed by atoms with van der Waals surface area (Å²) in [7, 11) is 10.4. The van der Waals surface area contributed by atoms with Crippen LogP contribution < -0.4 is 5.32 Å². The van der Waals surface area contributed by atoms with E-state index in [-0.39, 0.29) is 86.6 Å². The Kier molecular flexibility index (Phi) is 33.6. The van der Waals surface area contributed by atoms with Gasteiger partial charge in [0, 0.05) is 98.2 Å². The summed E-state index contributed by atoms with van der Waals surface area (Å²) in [6.07, 6.45) is 1.94. The Bertz CT molecular complexity index is 2630. The van der Waals surface area contributed by atoms with Crippen LogP contribution >= 0.6 is 0 Å². The Morgan fingerprint density at radius 3 is 1.37 bits per heavy atom. The van der Waals surface area contributed by atoms with Gasteiger partial charge in [-0.15, -0.1) is 0 Å². The summed E-state index contributed by atoms with van der Waals surface area (Å²) in [5.74, 6) is -10.8. The fraction of sp³-hybridized carbons (Fsp3) is 0.775. The standard InChI is InChI=1S/C71H121N9O12/c1-25-50-39-60(83)62(63(84)47(15)30-29-32-51-31-27-28-33-72-51)80(24)71(92)61(46(13)14)79(23)70(91)57(37-44(9)10)78(22)69(90)56(36-43(7)8)77(21)65(86)49(17)73-64(85)48(16)38-58(81)54(34-41(3)4)75(19)67(88)52(45(11)12)40-59(82)55(35-42(5)6)76(20)68(89)53(26-2)74(18)66(50)87/h27-28,31,33,41-50,52-57,61-63,84H,25-26,29-30,32,34-40H2,1-24H3,(H,73,85)/t47-,48+,49+,50+,52-,53-,54-,55+,56-,57-,61-,62+,63-/m1/s1. The number of hydrogen-bond acceptors (Lipinski definition) is 13. The van der Waals surface area contributed by atoms with Crippen molar-refractivity contribution >= 4 is 64.6 Å². The summed E-state index contributed by atoms with van der Waals surface area (Å²) in [5, 5.41) is 15.3. The molecule has 13 atom stereocenters. The van der Waals surface area contributed by atoms with E-state index in [4.69, 9.17) is 0 Å². The number of pyridine rings is 1. The number of likely N-dealkylation sites (N-methyl/N-ethyl adjacent to an activating group) is 7. The second kappa shape index (κ2) is 37.7. The van der Waals surface area contributed by atoms with Crippen LogP contribution in [0.2, 0.25) is 0 Å². The molecule has 522 valence electrons. The van der Waals surface area contributed by atoms with E-state index in [0.29, 0.717) is 19.3 Å². The summed E-state index contributed by atoms with van der Waals surface area (Å²) in [5.41, 5.74) is 0.844. The van der Waals surface area contributed by atoms with Crippen LogP contribution in [0, 0.1) is 59.2 Å². The third-order valence-electron chi connectivity index (χ3n) is 18.8. The lowest BCUT2D eigenvalue weighted by Crippen LogP contribution is -2.61. The van der Waals surface area contributed by atoms with E-state index in [2.05, 4.69) is 10.3 Å². The fourth-order valence-electron chi connectivity index (χ4n) is 12.9. The maximum absolute atomic E-state index is 15.4. The summed E-state index contributed by atoms with van der Waals surface area (Å²) in [6.45, 7) is 30.7. The highest BCUT2D eigenvalue weighted by Gasteiger charge is 2.46. The van der Waals surface area contributed by atoms with Crippen LogP contribution in [0.1, 0.15) is 194 Å². The molecule has 0 unspecified atom stereocenters. The minimum Gasteiger partial charge on any atom is -0.390 e. The van der Waals surface area contributed by atoms with Gasteiger partial charge < -0.3 is 44.7 Å². The van der Waals surface area contributed by atoms with Crippen LogP contribution in [-0.4, -0.2) is 213 Å². The van der Waals surface area contributed by atoms with Crippen LogP contribution in [0.15, 0.2) is 24.4 Å². The van der Waals surface area contributed by atoms with Crippen LogP contribution in [-0.2, 0) is 59.2 Å². The molecular weight excluding hydrogens is 1170 g/mol. The van der Waals surface area contributed by atoms with Crippen molar-refractivity contribution in [3.63, 3.8) is 0 Å². The van der Waals surface area contributed by atoms with Crippen LogP contribution in [0.25, 0.3) is 0 Å². The SMILES string of the molecule is CC[C@H]1CC(=O)[C@@H]([C@H](O)[C@H](C)CCCc2ccccn2)N(C)C(=O)[C@@H](C(C)C)N(C)C(=O)[C@@H](CC(C)C)N(C)C(=O)[C@@H](CC(C)C)N(C)C(=O)[C@H](C)NC(=O)[C@@H](C)CC(=O)[C@@H](CC(C)C)N(C)C(=O)[C@@H](C(C)C)CC(=O)[C@H](CC(C)C)N(C)C(=O)[C@@H](CC)N(C)C1=O. The number of rotatable bonds is 18. The van der Waals surface area contributed by atoms with Crippen molar-refractivity contribution in [2.75, 3.05) is 49.3 Å². The molecular formula is C71H121N9O12. The zero-order chi connectivity index (χ0) is 70.7. The lowest BCUT2D eigenvalue weighted by Gasteiger charge is -2.41. The van der Waals surface area contributed by atoms with Crippen LogP contribution in [0.3, 0.4) is 0 Å².